The molecule has 0 saturated carbocycles. The average Bonchev–Trinajstić information content (AvgIpc) is 3.37. The van der Waals surface area contributed by atoms with E-state index in [4.69, 9.17) is 4.74 Å². The van der Waals surface area contributed by atoms with Gasteiger partial charge in [-0.1, -0.05) is 29.8 Å². The van der Waals surface area contributed by atoms with Gasteiger partial charge in [-0.05, 0) is 42.8 Å². The number of anilines is 1. The molecule has 2 aromatic carbocycles. The predicted molar refractivity (Wildman–Crippen MR) is 152 cm³/mol. The number of rotatable bonds is 6. The molecule has 8 nitrogen and oxygen atoms in total. The molecule has 41 heavy (non-hydrogen) atoms. The van der Waals surface area contributed by atoms with Gasteiger partial charge in [0.05, 0.1) is 36.5 Å². The van der Waals surface area contributed by atoms with Crippen molar-refractivity contribution in [2.45, 2.75) is 18.4 Å². The third kappa shape index (κ3) is 5.02. The topological polar surface area (TPSA) is 86.4 Å². The van der Waals surface area contributed by atoms with Gasteiger partial charge >= 0.3 is 0 Å². The molecule has 1 saturated heterocycles. The predicted octanol–water partition coefficient (Wildman–Crippen LogP) is 4.57. The first-order valence-corrected chi connectivity index (χ1v) is 14.5. The quantitative estimate of drug-likeness (QED) is 0.294. The highest BCUT2D eigenvalue weighted by Gasteiger charge is 2.24. The van der Waals surface area contributed by atoms with Gasteiger partial charge in [-0.15, -0.1) is 0 Å². The summed E-state index contributed by atoms with van der Waals surface area (Å²) in [6.07, 6.45) is 4.60. The highest BCUT2D eigenvalue weighted by atomic mass is 32.2. The van der Waals surface area contributed by atoms with Crippen LogP contribution in [0.1, 0.15) is 11.1 Å². The molecule has 0 spiro atoms. The normalized spacial score (nSPS) is 14.1. The van der Waals surface area contributed by atoms with Gasteiger partial charge < -0.3 is 14.2 Å². The van der Waals surface area contributed by atoms with Crippen LogP contribution in [-0.4, -0.2) is 48.2 Å². The van der Waals surface area contributed by atoms with E-state index >= 15 is 0 Å². The highest BCUT2D eigenvalue weighted by Crippen LogP contribution is 2.34. The van der Waals surface area contributed by atoms with E-state index in [0.717, 1.165) is 21.3 Å². The molecule has 3 aromatic heterocycles. The molecule has 6 rings (SSSR count). The zero-order valence-electron chi connectivity index (χ0n) is 22.1. The number of benzene rings is 2. The zero-order valence-corrected chi connectivity index (χ0v) is 22.9. The summed E-state index contributed by atoms with van der Waals surface area (Å²) in [6.45, 7) is 4.18. The Labute approximate surface area is 235 Å². The molecule has 0 radical (unpaired) electrons. The number of aromatic nitrogens is 3. The van der Waals surface area contributed by atoms with E-state index in [1.54, 1.807) is 36.5 Å². The maximum absolute atomic E-state index is 14.2. The van der Waals surface area contributed by atoms with Gasteiger partial charge in [-0.2, -0.15) is 0 Å². The van der Waals surface area contributed by atoms with Crippen molar-refractivity contribution in [1.82, 2.24) is 13.5 Å². The van der Waals surface area contributed by atoms with Crippen LogP contribution in [0.15, 0.2) is 88.9 Å². The van der Waals surface area contributed by atoms with Gasteiger partial charge in [0.2, 0.25) is 0 Å². The lowest BCUT2D eigenvalue weighted by atomic mass is 10.1. The van der Waals surface area contributed by atoms with E-state index in [0.29, 0.717) is 42.8 Å². The van der Waals surface area contributed by atoms with Gasteiger partial charge in [0, 0.05) is 48.1 Å². The van der Waals surface area contributed by atoms with Crippen LogP contribution in [0.25, 0.3) is 22.2 Å². The molecule has 1 fully saturated rings. The number of halogens is 2. The summed E-state index contributed by atoms with van der Waals surface area (Å²) in [6, 6.07) is 15.2. The third-order valence-corrected chi connectivity index (χ3v) is 8.90. The van der Waals surface area contributed by atoms with Gasteiger partial charge in [0.25, 0.3) is 15.6 Å². The molecule has 0 aliphatic carbocycles. The molecule has 1 aliphatic rings. The Kier molecular flexibility index (Phi) is 6.92. The molecule has 0 N–H and O–H groups in total. The fourth-order valence-corrected chi connectivity index (χ4v) is 6.28. The summed E-state index contributed by atoms with van der Waals surface area (Å²) >= 11 is 0. The number of fused-ring (bicyclic) bond motifs is 1. The molecule has 1 aliphatic heterocycles. The fourth-order valence-electron chi connectivity index (χ4n) is 4.96. The van der Waals surface area contributed by atoms with Crippen molar-refractivity contribution >= 4 is 26.7 Å². The third-order valence-electron chi connectivity index (χ3n) is 7.23. The van der Waals surface area contributed by atoms with Crippen LogP contribution in [0, 0.1) is 18.6 Å². The molecule has 210 valence electrons. The number of ether oxygens (including phenoxy) is 1. The highest BCUT2D eigenvalue weighted by molar-refractivity contribution is 7.90. The van der Waals surface area contributed by atoms with Gasteiger partial charge in [-0.25, -0.2) is 26.2 Å². The van der Waals surface area contributed by atoms with E-state index in [1.807, 2.05) is 13.0 Å². The molecule has 11 heteroatoms. The maximum Gasteiger partial charge on any atom is 0.269 e. The number of hydrogen-bond donors (Lipinski definition) is 0. The lowest BCUT2D eigenvalue weighted by Gasteiger charge is -2.28. The van der Waals surface area contributed by atoms with E-state index < -0.39 is 27.2 Å². The van der Waals surface area contributed by atoms with Crippen LogP contribution in [0.2, 0.25) is 0 Å². The lowest BCUT2D eigenvalue weighted by molar-refractivity contribution is 0.122. The Morgan fingerprint density at radius 3 is 2.49 bits per heavy atom. The number of aryl methyl sites for hydroxylation is 1. The van der Waals surface area contributed by atoms with Gasteiger partial charge in [-0.3, -0.25) is 4.79 Å². The van der Waals surface area contributed by atoms with Crippen molar-refractivity contribution in [3.05, 3.63) is 112 Å². The van der Waals surface area contributed by atoms with Gasteiger partial charge in [0.15, 0.2) is 17.3 Å². The first-order valence-electron chi connectivity index (χ1n) is 13.0. The van der Waals surface area contributed by atoms with E-state index in [1.165, 1.54) is 35.2 Å². The summed E-state index contributed by atoms with van der Waals surface area (Å²) in [5, 5.41) is 0.554. The summed E-state index contributed by atoms with van der Waals surface area (Å²) in [4.78, 5) is 19.9. The van der Waals surface area contributed by atoms with E-state index in [2.05, 4.69) is 9.88 Å². The second kappa shape index (κ2) is 10.6. The van der Waals surface area contributed by atoms with E-state index in [9.17, 15) is 22.0 Å². The van der Waals surface area contributed by atoms with Crippen molar-refractivity contribution in [2.24, 2.45) is 0 Å². The number of nitrogens with zero attached hydrogens (tertiary/aromatic N) is 4. The van der Waals surface area contributed by atoms with Crippen molar-refractivity contribution < 1.29 is 21.9 Å². The number of hydrogen-bond acceptors (Lipinski definition) is 6. The van der Waals surface area contributed by atoms with Crippen LogP contribution in [0.3, 0.4) is 0 Å². The Balaban J connectivity index is 1.48. The van der Waals surface area contributed by atoms with Crippen molar-refractivity contribution in [3.63, 3.8) is 0 Å². The second-order valence-corrected chi connectivity index (χ2v) is 11.7. The summed E-state index contributed by atoms with van der Waals surface area (Å²) in [7, 11) is -4.01. The Hall–Kier alpha value is -4.35. The molecular formula is C30H26F2N4O4S. The van der Waals surface area contributed by atoms with Crippen molar-refractivity contribution in [2.75, 3.05) is 31.2 Å². The largest absolute Gasteiger partial charge is 0.378 e. The molecule has 0 bridgehead atoms. The second-order valence-electron chi connectivity index (χ2n) is 9.92. The lowest BCUT2D eigenvalue weighted by Crippen LogP contribution is -2.36. The van der Waals surface area contributed by atoms with E-state index in [-0.39, 0.29) is 22.7 Å². The first-order chi connectivity index (χ1) is 19.7. The Morgan fingerprint density at radius 2 is 1.76 bits per heavy atom. The minimum absolute atomic E-state index is 0.0417. The minimum Gasteiger partial charge on any atom is -0.378 e. The fraction of sp³-hybridized carbons (Fsp3) is 0.200. The Bertz CT molecular complexity index is 1930. The monoisotopic (exact) mass is 576 g/mol. The first kappa shape index (κ1) is 26.9. The summed E-state index contributed by atoms with van der Waals surface area (Å²) < 4.78 is 63.3. The van der Waals surface area contributed by atoms with Gasteiger partial charge in [0.1, 0.15) is 0 Å². The standard InChI is InChI=1S/C30H26F2N4O4S/c1-20-5-7-24(8-6-20)41(38,39)36-19-26(25-16-23(17-33-30(25)36)34-11-13-40-14-12-34)21-9-10-35(28(37)15-21)18-22-3-2-4-27(31)29(22)32/h2-10,15-17,19H,11-14,18H2,1H3. The van der Waals surface area contributed by atoms with Crippen LogP contribution in [-0.2, 0) is 21.3 Å². The molecule has 0 atom stereocenters. The maximum atomic E-state index is 14.2. The van der Waals surface area contributed by atoms with Crippen LogP contribution < -0.4 is 10.5 Å². The Morgan fingerprint density at radius 1 is 1.00 bits per heavy atom. The summed E-state index contributed by atoms with van der Waals surface area (Å²) in [5.74, 6) is -1.99. The molecule has 4 heterocycles. The molecular weight excluding hydrogens is 550 g/mol. The zero-order chi connectivity index (χ0) is 28.7. The molecule has 0 amide bonds. The number of pyridine rings is 2. The van der Waals surface area contributed by atoms with Crippen LogP contribution >= 0.6 is 0 Å². The average molecular weight is 577 g/mol. The van der Waals surface area contributed by atoms with Crippen LogP contribution in [0.5, 0.6) is 0 Å². The van der Waals surface area contributed by atoms with Crippen LogP contribution in [0.4, 0.5) is 14.5 Å². The smallest absolute Gasteiger partial charge is 0.269 e. The van der Waals surface area contributed by atoms with Crippen molar-refractivity contribution in [1.29, 1.82) is 0 Å². The summed E-state index contributed by atoms with van der Waals surface area (Å²) in [5.41, 5.74) is 2.51. The number of morpholine rings is 1. The minimum atomic E-state index is -4.01. The molecule has 0 unspecified atom stereocenters. The van der Waals surface area contributed by atoms with Crippen molar-refractivity contribution in [3.8, 4) is 11.1 Å². The molecule has 5 aromatic rings. The SMILES string of the molecule is Cc1ccc(S(=O)(=O)n2cc(-c3ccn(Cc4cccc(F)c4F)c(=O)c3)c3cc(N4CCOCC4)cnc32)cc1.